The van der Waals surface area contributed by atoms with Crippen molar-refractivity contribution in [2.45, 2.75) is 72.3 Å². The zero-order valence-electron chi connectivity index (χ0n) is 27.2. The molecule has 3 aliphatic rings. The summed E-state index contributed by atoms with van der Waals surface area (Å²) in [5, 5.41) is 0. The van der Waals surface area contributed by atoms with Gasteiger partial charge in [0.05, 0.1) is 10.7 Å². The van der Waals surface area contributed by atoms with E-state index in [1.165, 1.54) is 17.7 Å². The average Bonchev–Trinajstić information content (AvgIpc) is 2.99. The second-order valence-electron chi connectivity index (χ2n) is 14.4. The molecule has 0 saturated heterocycles. The lowest BCUT2D eigenvalue weighted by Crippen LogP contribution is -2.45. The first-order chi connectivity index (χ1) is 21.9. The summed E-state index contributed by atoms with van der Waals surface area (Å²) < 4.78 is 26.3. The maximum absolute atomic E-state index is 14.2. The van der Waals surface area contributed by atoms with E-state index in [9.17, 15) is 14.0 Å². The van der Waals surface area contributed by atoms with Gasteiger partial charge in [0, 0.05) is 47.8 Å². The van der Waals surface area contributed by atoms with Crippen molar-refractivity contribution in [1.29, 1.82) is 0 Å². The zero-order valence-corrected chi connectivity index (χ0v) is 29.4. The number of Topliss-reactive ketones (excluding diaryl/α,β-unsaturated/α-hetero) is 2. The first-order valence-corrected chi connectivity index (χ1v) is 17.0. The third kappa shape index (κ3) is 6.53. The van der Waals surface area contributed by atoms with Crippen molar-refractivity contribution in [1.82, 2.24) is 4.90 Å². The van der Waals surface area contributed by atoms with Gasteiger partial charge < -0.3 is 14.4 Å². The molecular weight excluding hydrogens is 692 g/mol. The molecule has 0 atom stereocenters. The minimum absolute atomic E-state index is 0.107. The molecule has 1 heterocycles. The molecule has 5 nitrogen and oxygen atoms in total. The van der Waals surface area contributed by atoms with Crippen molar-refractivity contribution in [3.63, 3.8) is 0 Å². The second kappa shape index (κ2) is 12.6. The van der Waals surface area contributed by atoms with Crippen LogP contribution >= 0.6 is 22.6 Å². The fraction of sp³-hybridized carbons (Fsp3) is 0.385. The second-order valence-corrected chi connectivity index (χ2v) is 15.5. The van der Waals surface area contributed by atoms with Crippen molar-refractivity contribution < 1.29 is 23.5 Å². The molecule has 2 aliphatic carbocycles. The number of halogens is 2. The number of hydrogen-bond donors (Lipinski definition) is 0. The fourth-order valence-corrected chi connectivity index (χ4v) is 8.10. The van der Waals surface area contributed by atoms with E-state index in [-0.39, 0.29) is 34.8 Å². The highest BCUT2D eigenvalue weighted by Gasteiger charge is 2.49. The molecule has 0 N–H and O–H groups in total. The van der Waals surface area contributed by atoms with Crippen LogP contribution in [0.15, 0.2) is 89.3 Å². The molecule has 0 unspecified atom stereocenters. The van der Waals surface area contributed by atoms with E-state index in [1.54, 1.807) is 19.2 Å². The van der Waals surface area contributed by atoms with Crippen LogP contribution in [0.4, 0.5) is 4.39 Å². The van der Waals surface area contributed by atoms with Gasteiger partial charge in [-0.25, -0.2) is 4.39 Å². The molecule has 3 aromatic carbocycles. The number of carbonyl (C=O) groups excluding carboxylic acids is 2. The summed E-state index contributed by atoms with van der Waals surface area (Å²) in [6.45, 7) is 9.61. The molecule has 6 rings (SSSR count). The van der Waals surface area contributed by atoms with Crippen LogP contribution in [0.2, 0.25) is 0 Å². The molecule has 0 bridgehead atoms. The highest BCUT2D eigenvalue weighted by Crippen LogP contribution is 2.55. The van der Waals surface area contributed by atoms with Gasteiger partial charge in [-0.1, -0.05) is 70.2 Å². The number of allylic oxidation sites excluding steroid dienone is 4. The Balaban J connectivity index is 1.47. The van der Waals surface area contributed by atoms with Crippen molar-refractivity contribution in [2.75, 3.05) is 13.7 Å². The summed E-state index contributed by atoms with van der Waals surface area (Å²) in [5.74, 6) is 0.555. The molecule has 0 radical (unpaired) electrons. The molecule has 0 amide bonds. The summed E-state index contributed by atoms with van der Waals surface area (Å²) in [7, 11) is 1.60. The Hall–Kier alpha value is -3.46. The summed E-state index contributed by atoms with van der Waals surface area (Å²) >= 11 is 2.24. The van der Waals surface area contributed by atoms with E-state index in [1.807, 2.05) is 18.2 Å². The third-order valence-corrected chi connectivity index (χ3v) is 10.2. The number of ether oxygens (including phenoxy) is 2. The minimum Gasteiger partial charge on any atom is -0.493 e. The van der Waals surface area contributed by atoms with Gasteiger partial charge in [-0.2, -0.15) is 0 Å². The summed E-state index contributed by atoms with van der Waals surface area (Å²) in [4.78, 5) is 30.8. The standard InChI is InChI=1S/C39H41FINO4/c1-38(2)19-29-35(31(43)21-38)34(26-17-28(41)37(33(18-26)45-5)46-23-25-11-13-27(40)14-12-25)36-30(20-39(3,4)22-32(36)44)42(29)16-15-24-9-7-6-8-10-24/h6-14,17-18,34H,15-16,19-23H2,1-5H3. The number of nitrogens with zero attached hydrogens (tertiary/aromatic N) is 1. The predicted octanol–water partition coefficient (Wildman–Crippen LogP) is 8.95. The number of ketones is 2. The Morgan fingerprint density at radius 1 is 0.826 bits per heavy atom. The number of methoxy groups -OCH3 is 1. The van der Waals surface area contributed by atoms with Gasteiger partial charge in [-0.3, -0.25) is 9.59 Å². The first kappa shape index (κ1) is 32.5. The molecule has 0 spiro atoms. The minimum atomic E-state index is -0.473. The maximum atomic E-state index is 14.2. The van der Waals surface area contributed by atoms with Crippen LogP contribution in [-0.4, -0.2) is 30.1 Å². The quantitative estimate of drug-likeness (QED) is 0.217. The van der Waals surface area contributed by atoms with Crippen LogP contribution in [0.3, 0.4) is 0 Å². The molecule has 46 heavy (non-hydrogen) atoms. The molecule has 240 valence electrons. The van der Waals surface area contributed by atoms with Gasteiger partial charge in [0.25, 0.3) is 0 Å². The Bertz CT molecular complexity index is 1690. The monoisotopic (exact) mass is 733 g/mol. The van der Waals surface area contributed by atoms with Crippen molar-refractivity contribution in [3.8, 4) is 11.5 Å². The number of hydrogen-bond acceptors (Lipinski definition) is 5. The highest BCUT2D eigenvalue weighted by atomic mass is 127. The van der Waals surface area contributed by atoms with Gasteiger partial charge in [0.2, 0.25) is 0 Å². The van der Waals surface area contributed by atoms with E-state index >= 15 is 0 Å². The van der Waals surface area contributed by atoms with E-state index in [4.69, 9.17) is 9.47 Å². The molecule has 0 aromatic heterocycles. The van der Waals surface area contributed by atoms with Crippen molar-refractivity contribution in [2.24, 2.45) is 10.8 Å². The van der Waals surface area contributed by atoms with E-state index in [2.05, 4.69) is 79.5 Å². The summed E-state index contributed by atoms with van der Waals surface area (Å²) in [6, 6.07) is 20.6. The lowest BCUT2D eigenvalue weighted by Gasteiger charge is -2.49. The Morgan fingerprint density at radius 3 is 1.98 bits per heavy atom. The van der Waals surface area contributed by atoms with Gasteiger partial charge >= 0.3 is 0 Å². The van der Waals surface area contributed by atoms with Crippen molar-refractivity contribution in [3.05, 3.63) is 115 Å². The zero-order chi connectivity index (χ0) is 32.8. The fourth-order valence-electron chi connectivity index (χ4n) is 7.32. The lowest BCUT2D eigenvalue weighted by molar-refractivity contribution is -0.119. The molecule has 0 fully saturated rings. The normalized spacial score (nSPS) is 19.2. The molecule has 3 aromatic rings. The van der Waals surface area contributed by atoms with E-state index in [0.29, 0.717) is 30.9 Å². The van der Waals surface area contributed by atoms with E-state index < -0.39 is 5.92 Å². The van der Waals surface area contributed by atoms with E-state index in [0.717, 1.165) is 56.5 Å². The highest BCUT2D eigenvalue weighted by molar-refractivity contribution is 14.1. The van der Waals surface area contributed by atoms with Crippen LogP contribution in [0.5, 0.6) is 11.5 Å². The number of rotatable bonds is 8. The van der Waals surface area contributed by atoms with Gasteiger partial charge in [0.1, 0.15) is 12.4 Å². The van der Waals surface area contributed by atoms with Crippen molar-refractivity contribution >= 4 is 34.2 Å². The van der Waals surface area contributed by atoms with Crippen LogP contribution in [0.1, 0.15) is 76.0 Å². The SMILES string of the molecule is COc1cc(C2C3=C(CC(C)(C)CC3=O)N(CCc3ccccc3)C3=C2C(=O)CC(C)(C)C3)cc(I)c1OCc1ccc(F)cc1. The van der Waals surface area contributed by atoms with Crippen LogP contribution < -0.4 is 9.47 Å². The average molecular weight is 734 g/mol. The summed E-state index contributed by atoms with van der Waals surface area (Å²) in [6.07, 6.45) is 3.21. The Kier molecular flexibility index (Phi) is 8.91. The topological polar surface area (TPSA) is 55.8 Å². The lowest BCUT2D eigenvalue weighted by atomic mass is 9.63. The largest absolute Gasteiger partial charge is 0.493 e. The number of benzene rings is 3. The molecule has 1 aliphatic heterocycles. The maximum Gasteiger partial charge on any atom is 0.174 e. The summed E-state index contributed by atoms with van der Waals surface area (Å²) in [5.41, 5.74) is 6.14. The molecule has 7 heteroatoms. The Morgan fingerprint density at radius 2 is 1.41 bits per heavy atom. The Labute approximate surface area is 285 Å². The third-order valence-electron chi connectivity index (χ3n) is 9.37. The smallest absolute Gasteiger partial charge is 0.174 e. The van der Waals surface area contributed by atoms with Crippen LogP contribution in [-0.2, 0) is 22.6 Å². The molecular formula is C39H41FINO4. The number of carbonyl (C=O) groups is 2. The van der Waals surface area contributed by atoms with Crippen LogP contribution in [0.25, 0.3) is 0 Å². The van der Waals surface area contributed by atoms with Gasteiger partial charge in [-0.15, -0.1) is 0 Å². The van der Waals surface area contributed by atoms with Crippen LogP contribution in [0, 0.1) is 20.2 Å². The van der Waals surface area contributed by atoms with Gasteiger partial charge in [-0.05, 0) is 93.6 Å². The predicted molar refractivity (Wildman–Crippen MR) is 186 cm³/mol. The van der Waals surface area contributed by atoms with Gasteiger partial charge in [0.15, 0.2) is 23.1 Å². The molecule has 0 saturated carbocycles. The first-order valence-electron chi connectivity index (χ1n) is 15.9.